The van der Waals surface area contributed by atoms with Crippen molar-refractivity contribution >= 4 is 5.78 Å². The molecule has 0 aromatic rings. The van der Waals surface area contributed by atoms with Crippen molar-refractivity contribution in [3.8, 4) is 0 Å². The molecule has 0 radical (unpaired) electrons. The zero-order valence-corrected chi connectivity index (χ0v) is 11.0. The number of fused-ring (bicyclic) bond motifs is 2. The van der Waals surface area contributed by atoms with Crippen molar-refractivity contribution in [3.63, 3.8) is 0 Å². The molecule has 3 rings (SSSR count). The van der Waals surface area contributed by atoms with Crippen molar-refractivity contribution in [2.24, 2.45) is 17.8 Å². The van der Waals surface area contributed by atoms with Gasteiger partial charge in [-0.25, -0.2) is 0 Å². The number of hydrogen-bond donors (Lipinski definition) is 0. The Kier molecular flexibility index (Phi) is 3.25. The second kappa shape index (κ2) is 4.72. The predicted octanol–water partition coefficient (Wildman–Crippen LogP) is 2.87. The van der Waals surface area contributed by atoms with Crippen molar-refractivity contribution < 1.29 is 4.79 Å². The maximum atomic E-state index is 11.7. The normalized spacial score (nSPS) is 41.9. The van der Waals surface area contributed by atoms with Crippen LogP contribution in [0.1, 0.15) is 51.9 Å². The van der Waals surface area contributed by atoms with Crippen LogP contribution in [0, 0.1) is 17.8 Å². The number of carbonyl (C=O) groups excluding carboxylic acids is 1. The molecular formula is C15H25NO. The topological polar surface area (TPSA) is 20.3 Å². The minimum atomic E-state index is 0.253. The fourth-order valence-electron chi connectivity index (χ4n) is 4.57. The highest BCUT2D eigenvalue weighted by molar-refractivity contribution is 5.81. The number of nitrogens with zero attached hydrogens (tertiary/aromatic N) is 1. The summed E-state index contributed by atoms with van der Waals surface area (Å²) in [6.07, 6.45) is 9.54. The lowest BCUT2D eigenvalue weighted by atomic mass is 9.87. The van der Waals surface area contributed by atoms with Gasteiger partial charge in [-0.1, -0.05) is 12.8 Å². The zero-order valence-electron chi connectivity index (χ0n) is 11.0. The third kappa shape index (κ3) is 2.29. The molecule has 3 aliphatic rings. The number of hydrogen-bond acceptors (Lipinski definition) is 2. The quantitative estimate of drug-likeness (QED) is 0.749. The third-order valence-corrected chi connectivity index (χ3v) is 5.44. The average Bonchev–Trinajstić information content (AvgIpc) is 2.91. The van der Waals surface area contributed by atoms with Crippen LogP contribution in [0.15, 0.2) is 0 Å². The molecular weight excluding hydrogens is 210 g/mol. The minimum Gasteiger partial charge on any atom is -0.298 e. The summed E-state index contributed by atoms with van der Waals surface area (Å²) in [5.41, 5.74) is 0. The number of rotatable bonds is 3. The number of likely N-dealkylation sites (tertiary alicyclic amines) is 1. The van der Waals surface area contributed by atoms with E-state index in [9.17, 15) is 4.79 Å². The standard InChI is InChI=1S/C15H25NO/c1-11(17)15-4-2-3-7-16(15)10-14-9-12-5-6-13(14)8-12/h12-15H,2-10H2,1H3. The first-order chi connectivity index (χ1) is 8.24. The van der Waals surface area contributed by atoms with E-state index in [0.29, 0.717) is 5.78 Å². The summed E-state index contributed by atoms with van der Waals surface area (Å²) >= 11 is 0. The van der Waals surface area contributed by atoms with Gasteiger partial charge in [0.2, 0.25) is 0 Å². The van der Waals surface area contributed by atoms with Crippen molar-refractivity contribution in [3.05, 3.63) is 0 Å². The van der Waals surface area contributed by atoms with Crippen LogP contribution in [0.4, 0.5) is 0 Å². The summed E-state index contributed by atoms with van der Waals surface area (Å²) < 4.78 is 0. The molecule has 1 saturated heterocycles. The Bertz CT molecular complexity index is 301. The van der Waals surface area contributed by atoms with E-state index in [2.05, 4.69) is 4.90 Å². The smallest absolute Gasteiger partial charge is 0.146 e. The molecule has 2 aliphatic carbocycles. The van der Waals surface area contributed by atoms with Gasteiger partial charge >= 0.3 is 0 Å². The SMILES string of the molecule is CC(=O)C1CCCCN1CC1CC2CCC1C2. The van der Waals surface area contributed by atoms with Crippen LogP contribution in [0.5, 0.6) is 0 Å². The Morgan fingerprint density at radius 1 is 1.18 bits per heavy atom. The maximum Gasteiger partial charge on any atom is 0.146 e. The molecule has 3 fully saturated rings. The number of carbonyl (C=O) groups is 1. The van der Waals surface area contributed by atoms with Crippen molar-refractivity contribution in [1.29, 1.82) is 0 Å². The fraction of sp³-hybridized carbons (Fsp3) is 0.933. The molecule has 2 bridgehead atoms. The van der Waals surface area contributed by atoms with Crippen LogP contribution in [0.25, 0.3) is 0 Å². The lowest BCUT2D eigenvalue weighted by Gasteiger charge is -2.37. The highest BCUT2D eigenvalue weighted by Crippen LogP contribution is 2.48. The molecule has 2 heteroatoms. The predicted molar refractivity (Wildman–Crippen MR) is 68.8 cm³/mol. The summed E-state index contributed by atoms with van der Waals surface area (Å²) in [5.74, 6) is 3.33. The van der Waals surface area contributed by atoms with Crippen LogP contribution in [0.3, 0.4) is 0 Å². The molecule has 0 N–H and O–H groups in total. The molecule has 2 saturated carbocycles. The van der Waals surface area contributed by atoms with E-state index < -0.39 is 0 Å². The Morgan fingerprint density at radius 2 is 2.06 bits per heavy atom. The molecule has 2 nitrogen and oxygen atoms in total. The molecule has 96 valence electrons. The molecule has 0 amide bonds. The van der Waals surface area contributed by atoms with Crippen LogP contribution in [-0.2, 0) is 4.79 Å². The van der Waals surface area contributed by atoms with Crippen LogP contribution in [-0.4, -0.2) is 29.8 Å². The molecule has 4 atom stereocenters. The van der Waals surface area contributed by atoms with E-state index in [1.807, 2.05) is 0 Å². The molecule has 1 heterocycles. The van der Waals surface area contributed by atoms with Crippen LogP contribution >= 0.6 is 0 Å². The van der Waals surface area contributed by atoms with Gasteiger partial charge in [0.05, 0.1) is 6.04 Å². The molecule has 1 aliphatic heterocycles. The fourth-order valence-corrected chi connectivity index (χ4v) is 4.57. The first kappa shape index (κ1) is 11.7. The van der Waals surface area contributed by atoms with Crippen LogP contribution < -0.4 is 0 Å². The largest absolute Gasteiger partial charge is 0.298 e. The van der Waals surface area contributed by atoms with Gasteiger partial charge in [-0.05, 0) is 63.3 Å². The Morgan fingerprint density at radius 3 is 2.71 bits per heavy atom. The van der Waals surface area contributed by atoms with E-state index in [4.69, 9.17) is 0 Å². The van der Waals surface area contributed by atoms with Crippen molar-refractivity contribution in [1.82, 2.24) is 4.90 Å². The van der Waals surface area contributed by atoms with E-state index in [0.717, 1.165) is 30.7 Å². The number of Topliss-reactive ketones (excluding diaryl/α,β-unsaturated/α-hetero) is 1. The van der Waals surface area contributed by atoms with Gasteiger partial charge in [-0.15, -0.1) is 0 Å². The monoisotopic (exact) mass is 235 g/mol. The summed E-state index contributed by atoms with van der Waals surface area (Å²) in [4.78, 5) is 14.2. The molecule has 0 aromatic heterocycles. The van der Waals surface area contributed by atoms with Crippen molar-refractivity contribution in [2.75, 3.05) is 13.1 Å². The summed E-state index contributed by atoms with van der Waals surface area (Å²) in [5, 5.41) is 0. The van der Waals surface area contributed by atoms with Gasteiger partial charge in [-0.2, -0.15) is 0 Å². The summed E-state index contributed by atoms with van der Waals surface area (Å²) in [7, 11) is 0. The van der Waals surface area contributed by atoms with E-state index >= 15 is 0 Å². The van der Waals surface area contributed by atoms with Gasteiger partial charge in [0.1, 0.15) is 5.78 Å². The maximum absolute atomic E-state index is 11.7. The number of piperidine rings is 1. The molecule has 0 spiro atoms. The van der Waals surface area contributed by atoms with E-state index in [-0.39, 0.29) is 6.04 Å². The van der Waals surface area contributed by atoms with E-state index in [1.54, 1.807) is 6.92 Å². The summed E-state index contributed by atoms with van der Waals surface area (Å²) in [6.45, 7) is 4.16. The van der Waals surface area contributed by atoms with Crippen molar-refractivity contribution in [2.45, 2.75) is 57.9 Å². The van der Waals surface area contributed by atoms with Gasteiger partial charge in [0, 0.05) is 6.54 Å². The highest BCUT2D eigenvalue weighted by Gasteiger charge is 2.41. The second-order valence-electron chi connectivity index (χ2n) is 6.55. The van der Waals surface area contributed by atoms with Gasteiger partial charge in [0.25, 0.3) is 0 Å². The van der Waals surface area contributed by atoms with Gasteiger partial charge in [-0.3, -0.25) is 9.69 Å². The Balaban J connectivity index is 1.61. The average molecular weight is 235 g/mol. The second-order valence-corrected chi connectivity index (χ2v) is 6.55. The highest BCUT2D eigenvalue weighted by atomic mass is 16.1. The minimum absolute atomic E-state index is 0.253. The zero-order chi connectivity index (χ0) is 11.8. The first-order valence-corrected chi connectivity index (χ1v) is 7.48. The van der Waals surface area contributed by atoms with Crippen LogP contribution in [0.2, 0.25) is 0 Å². The molecule has 4 unspecified atom stereocenters. The Labute approximate surface area is 105 Å². The number of ketones is 1. The first-order valence-electron chi connectivity index (χ1n) is 7.48. The molecule has 17 heavy (non-hydrogen) atoms. The van der Waals surface area contributed by atoms with E-state index in [1.165, 1.54) is 45.1 Å². The molecule has 0 aromatic carbocycles. The van der Waals surface area contributed by atoms with Gasteiger partial charge < -0.3 is 0 Å². The summed E-state index contributed by atoms with van der Waals surface area (Å²) in [6, 6.07) is 0.253. The third-order valence-electron chi connectivity index (χ3n) is 5.44. The lowest BCUT2D eigenvalue weighted by molar-refractivity contribution is -0.123. The Hall–Kier alpha value is -0.370. The lowest BCUT2D eigenvalue weighted by Crippen LogP contribution is -2.46. The van der Waals surface area contributed by atoms with Gasteiger partial charge in [0.15, 0.2) is 0 Å².